The summed E-state index contributed by atoms with van der Waals surface area (Å²) in [5.41, 5.74) is 0. The molecule has 3 unspecified atom stereocenters. The molecule has 3 atom stereocenters. The lowest BCUT2D eigenvalue weighted by Gasteiger charge is -2.11. The lowest BCUT2D eigenvalue weighted by atomic mass is 10.0. The average molecular weight is 259 g/mol. The Hall–Kier alpha value is -0.280. The van der Waals surface area contributed by atoms with Crippen molar-refractivity contribution < 1.29 is 4.79 Å². The van der Waals surface area contributed by atoms with Crippen LogP contribution in [0.3, 0.4) is 0 Å². The quantitative estimate of drug-likeness (QED) is 0.809. The molecule has 3 fully saturated rings. The maximum Gasteiger partial charge on any atom is 0.223 e. The number of halogens is 1. The van der Waals surface area contributed by atoms with E-state index in [9.17, 15) is 4.79 Å². The zero-order valence-electron chi connectivity index (χ0n) is 10.3. The molecule has 0 spiro atoms. The SMILES string of the molecule is Cl.O=C(NCC1CCCN1)C1C2CCCCC21. The molecular formula is C13H23ClN2O. The Labute approximate surface area is 110 Å². The molecule has 0 aromatic carbocycles. The summed E-state index contributed by atoms with van der Waals surface area (Å²) in [5.74, 6) is 2.20. The number of carbonyl (C=O) groups is 1. The summed E-state index contributed by atoms with van der Waals surface area (Å²) >= 11 is 0. The fraction of sp³-hybridized carbons (Fsp3) is 0.923. The second-order valence-corrected chi connectivity index (χ2v) is 5.68. The molecule has 1 heterocycles. The molecule has 1 saturated heterocycles. The van der Waals surface area contributed by atoms with Crippen molar-refractivity contribution in [3.05, 3.63) is 0 Å². The van der Waals surface area contributed by atoms with Crippen molar-refractivity contribution in [3.63, 3.8) is 0 Å². The first-order chi connectivity index (χ1) is 7.86. The summed E-state index contributed by atoms with van der Waals surface area (Å²) in [6.45, 7) is 1.96. The second-order valence-electron chi connectivity index (χ2n) is 5.68. The third kappa shape index (κ3) is 2.76. The van der Waals surface area contributed by atoms with Gasteiger partial charge < -0.3 is 10.6 Å². The smallest absolute Gasteiger partial charge is 0.223 e. The van der Waals surface area contributed by atoms with Crippen LogP contribution < -0.4 is 10.6 Å². The molecule has 3 nitrogen and oxygen atoms in total. The molecule has 0 aromatic heterocycles. The zero-order chi connectivity index (χ0) is 11.0. The van der Waals surface area contributed by atoms with E-state index in [1.165, 1.54) is 38.5 Å². The number of rotatable bonds is 3. The molecule has 1 amide bonds. The summed E-state index contributed by atoms with van der Waals surface area (Å²) in [4.78, 5) is 12.0. The van der Waals surface area contributed by atoms with Crippen LogP contribution in [0.15, 0.2) is 0 Å². The minimum atomic E-state index is 0. The van der Waals surface area contributed by atoms with Crippen LogP contribution in [0.4, 0.5) is 0 Å². The fourth-order valence-corrected chi connectivity index (χ4v) is 3.65. The molecule has 0 aromatic rings. The Bertz CT molecular complexity index is 267. The van der Waals surface area contributed by atoms with Crippen LogP contribution in [-0.2, 0) is 4.79 Å². The third-order valence-corrected chi connectivity index (χ3v) is 4.64. The Balaban J connectivity index is 0.00000108. The number of nitrogens with one attached hydrogen (secondary N) is 2. The largest absolute Gasteiger partial charge is 0.354 e. The summed E-state index contributed by atoms with van der Waals surface area (Å²) in [6.07, 6.45) is 7.76. The Kier molecular flexibility index (Phi) is 4.31. The Morgan fingerprint density at radius 1 is 1.12 bits per heavy atom. The van der Waals surface area contributed by atoms with Gasteiger partial charge in [-0.15, -0.1) is 12.4 Å². The van der Waals surface area contributed by atoms with Gasteiger partial charge in [0.1, 0.15) is 0 Å². The minimum absolute atomic E-state index is 0. The van der Waals surface area contributed by atoms with Gasteiger partial charge in [0.15, 0.2) is 0 Å². The van der Waals surface area contributed by atoms with E-state index in [0.29, 0.717) is 17.9 Å². The average Bonchev–Trinajstić information content (AvgIpc) is 2.80. The highest BCUT2D eigenvalue weighted by molar-refractivity contribution is 5.85. The molecule has 0 radical (unpaired) electrons. The fourth-order valence-electron chi connectivity index (χ4n) is 3.65. The van der Waals surface area contributed by atoms with E-state index in [1.54, 1.807) is 0 Å². The van der Waals surface area contributed by atoms with Gasteiger partial charge in [-0.05, 0) is 44.1 Å². The summed E-state index contributed by atoms with van der Waals surface area (Å²) < 4.78 is 0. The molecule has 3 rings (SSSR count). The van der Waals surface area contributed by atoms with E-state index in [-0.39, 0.29) is 12.4 Å². The van der Waals surface area contributed by atoms with Crippen LogP contribution in [0.2, 0.25) is 0 Å². The molecule has 2 saturated carbocycles. The van der Waals surface area contributed by atoms with E-state index in [0.717, 1.165) is 24.9 Å². The predicted molar refractivity (Wildman–Crippen MR) is 70.2 cm³/mol. The van der Waals surface area contributed by atoms with Gasteiger partial charge in [0.05, 0.1) is 0 Å². The van der Waals surface area contributed by atoms with E-state index in [2.05, 4.69) is 10.6 Å². The number of hydrogen-bond acceptors (Lipinski definition) is 2. The monoisotopic (exact) mass is 258 g/mol. The minimum Gasteiger partial charge on any atom is -0.354 e. The number of amides is 1. The topological polar surface area (TPSA) is 41.1 Å². The van der Waals surface area contributed by atoms with Crippen molar-refractivity contribution in [1.82, 2.24) is 10.6 Å². The molecule has 4 heteroatoms. The first-order valence-corrected chi connectivity index (χ1v) is 6.87. The first-order valence-electron chi connectivity index (χ1n) is 6.87. The number of fused-ring (bicyclic) bond motifs is 1. The van der Waals surface area contributed by atoms with E-state index >= 15 is 0 Å². The van der Waals surface area contributed by atoms with Crippen LogP contribution >= 0.6 is 12.4 Å². The van der Waals surface area contributed by atoms with Crippen LogP contribution in [0.25, 0.3) is 0 Å². The van der Waals surface area contributed by atoms with Crippen molar-refractivity contribution in [2.45, 2.75) is 44.6 Å². The van der Waals surface area contributed by atoms with Crippen molar-refractivity contribution in [3.8, 4) is 0 Å². The Morgan fingerprint density at radius 2 is 1.82 bits per heavy atom. The van der Waals surface area contributed by atoms with Crippen molar-refractivity contribution in [2.75, 3.05) is 13.1 Å². The summed E-state index contributed by atoms with van der Waals surface area (Å²) in [6, 6.07) is 0.532. The standard InChI is InChI=1S/C13H22N2O.ClH/c16-13(15-8-9-4-3-7-14-9)12-10-5-1-2-6-11(10)12;/h9-12,14H,1-8H2,(H,15,16);1H. The van der Waals surface area contributed by atoms with E-state index in [1.807, 2.05) is 0 Å². The highest BCUT2D eigenvalue weighted by atomic mass is 35.5. The maximum atomic E-state index is 12.0. The number of hydrogen-bond donors (Lipinski definition) is 2. The first kappa shape index (κ1) is 13.2. The molecule has 17 heavy (non-hydrogen) atoms. The van der Waals surface area contributed by atoms with Crippen LogP contribution in [0.1, 0.15) is 38.5 Å². The van der Waals surface area contributed by atoms with Gasteiger partial charge >= 0.3 is 0 Å². The molecule has 3 aliphatic rings. The van der Waals surface area contributed by atoms with Gasteiger partial charge in [-0.25, -0.2) is 0 Å². The summed E-state index contributed by atoms with van der Waals surface area (Å²) in [7, 11) is 0. The van der Waals surface area contributed by atoms with Crippen LogP contribution in [0, 0.1) is 17.8 Å². The lowest BCUT2D eigenvalue weighted by molar-refractivity contribution is -0.122. The molecule has 1 aliphatic heterocycles. The second kappa shape index (κ2) is 5.57. The van der Waals surface area contributed by atoms with Crippen LogP contribution in [-0.4, -0.2) is 25.0 Å². The summed E-state index contributed by atoms with van der Waals surface area (Å²) in [5, 5.41) is 6.56. The van der Waals surface area contributed by atoms with Gasteiger partial charge in [-0.3, -0.25) is 4.79 Å². The molecule has 0 bridgehead atoms. The van der Waals surface area contributed by atoms with Gasteiger partial charge in [0, 0.05) is 18.5 Å². The maximum absolute atomic E-state index is 12.0. The molecule has 2 aliphatic carbocycles. The highest BCUT2D eigenvalue weighted by Gasteiger charge is 2.54. The third-order valence-electron chi connectivity index (χ3n) is 4.64. The number of carbonyl (C=O) groups excluding carboxylic acids is 1. The highest BCUT2D eigenvalue weighted by Crippen LogP contribution is 2.55. The van der Waals surface area contributed by atoms with Crippen molar-refractivity contribution in [2.24, 2.45) is 17.8 Å². The lowest BCUT2D eigenvalue weighted by Crippen LogP contribution is -2.38. The Morgan fingerprint density at radius 3 is 2.41 bits per heavy atom. The zero-order valence-corrected chi connectivity index (χ0v) is 11.1. The van der Waals surface area contributed by atoms with Crippen molar-refractivity contribution in [1.29, 1.82) is 0 Å². The van der Waals surface area contributed by atoms with Crippen molar-refractivity contribution >= 4 is 18.3 Å². The van der Waals surface area contributed by atoms with E-state index in [4.69, 9.17) is 0 Å². The van der Waals surface area contributed by atoms with Gasteiger partial charge in [0.25, 0.3) is 0 Å². The predicted octanol–water partition coefficient (Wildman–Crippen LogP) is 1.71. The van der Waals surface area contributed by atoms with E-state index < -0.39 is 0 Å². The van der Waals surface area contributed by atoms with Gasteiger partial charge in [-0.1, -0.05) is 12.8 Å². The molecule has 98 valence electrons. The van der Waals surface area contributed by atoms with Gasteiger partial charge in [0.2, 0.25) is 5.91 Å². The van der Waals surface area contributed by atoms with Crippen LogP contribution in [0.5, 0.6) is 0 Å². The normalized spacial score (nSPS) is 39.1. The molecular weight excluding hydrogens is 236 g/mol. The van der Waals surface area contributed by atoms with Gasteiger partial charge in [-0.2, -0.15) is 0 Å². The molecule has 2 N–H and O–H groups in total.